The lowest BCUT2D eigenvalue weighted by Gasteiger charge is -2.09. The highest BCUT2D eigenvalue weighted by Gasteiger charge is 2.12. The van der Waals surface area contributed by atoms with Crippen LogP contribution in [0.4, 0.5) is 0 Å². The van der Waals surface area contributed by atoms with E-state index in [4.69, 9.17) is 16.3 Å². The number of halogens is 1. The molecule has 0 spiro atoms. The van der Waals surface area contributed by atoms with Gasteiger partial charge >= 0.3 is 0 Å². The van der Waals surface area contributed by atoms with Gasteiger partial charge in [-0.3, -0.25) is 9.89 Å². The topological polar surface area (TPSA) is 87.2 Å². The van der Waals surface area contributed by atoms with Gasteiger partial charge in [-0.05, 0) is 18.2 Å². The molecule has 6 nitrogen and oxygen atoms in total. The van der Waals surface area contributed by atoms with Gasteiger partial charge in [-0.1, -0.05) is 23.7 Å². The number of rotatable bonds is 6. The van der Waals surface area contributed by atoms with E-state index in [1.54, 1.807) is 18.2 Å². The third kappa shape index (κ3) is 4.29. The molecule has 7 heteroatoms. The van der Waals surface area contributed by atoms with Crippen LogP contribution in [-0.4, -0.2) is 47.6 Å². The summed E-state index contributed by atoms with van der Waals surface area (Å²) < 4.78 is 4.78. The molecule has 0 saturated carbocycles. The van der Waals surface area contributed by atoms with Gasteiger partial charge in [-0.25, -0.2) is 0 Å². The van der Waals surface area contributed by atoms with E-state index in [1.165, 1.54) is 7.11 Å². The van der Waals surface area contributed by atoms with Gasteiger partial charge in [-0.15, -0.1) is 0 Å². The predicted octanol–water partition coefficient (Wildman–Crippen LogP) is 1.47. The van der Waals surface area contributed by atoms with Crippen LogP contribution in [0.1, 0.15) is 10.5 Å². The summed E-state index contributed by atoms with van der Waals surface area (Å²) in [5, 5.41) is 19.5. The van der Waals surface area contributed by atoms with Gasteiger partial charge in [-0.2, -0.15) is 5.10 Å². The first-order chi connectivity index (χ1) is 10.1. The monoisotopic (exact) mass is 309 g/mol. The molecular weight excluding hydrogens is 294 g/mol. The first kappa shape index (κ1) is 15.5. The van der Waals surface area contributed by atoms with E-state index < -0.39 is 6.10 Å². The molecule has 1 heterocycles. The van der Waals surface area contributed by atoms with Crippen molar-refractivity contribution in [1.29, 1.82) is 0 Å². The Bertz CT molecular complexity index is 598. The van der Waals surface area contributed by atoms with Crippen LogP contribution >= 0.6 is 11.6 Å². The molecule has 1 amide bonds. The van der Waals surface area contributed by atoms with Crippen LogP contribution in [0.3, 0.4) is 0 Å². The van der Waals surface area contributed by atoms with E-state index in [-0.39, 0.29) is 19.1 Å². The van der Waals surface area contributed by atoms with Crippen LogP contribution in [-0.2, 0) is 4.74 Å². The molecule has 1 atom stereocenters. The summed E-state index contributed by atoms with van der Waals surface area (Å²) in [5.41, 5.74) is 1.83. The fraction of sp³-hybridized carbons (Fsp3) is 0.286. The van der Waals surface area contributed by atoms with Crippen molar-refractivity contribution in [3.8, 4) is 11.3 Å². The summed E-state index contributed by atoms with van der Waals surface area (Å²) >= 11 is 5.83. The van der Waals surface area contributed by atoms with Crippen molar-refractivity contribution in [2.75, 3.05) is 20.3 Å². The highest BCUT2D eigenvalue weighted by molar-refractivity contribution is 6.30. The molecule has 112 valence electrons. The van der Waals surface area contributed by atoms with Gasteiger partial charge in [0.15, 0.2) is 0 Å². The van der Waals surface area contributed by atoms with Crippen LogP contribution in [0, 0.1) is 0 Å². The largest absolute Gasteiger partial charge is 0.389 e. The van der Waals surface area contributed by atoms with Crippen molar-refractivity contribution < 1.29 is 14.6 Å². The molecule has 0 aliphatic heterocycles. The van der Waals surface area contributed by atoms with E-state index in [2.05, 4.69) is 15.5 Å². The van der Waals surface area contributed by atoms with Crippen LogP contribution in [0.2, 0.25) is 5.02 Å². The number of nitrogens with zero attached hydrogens (tertiary/aromatic N) is 1. The summed E-state index contributed by atoms with van der Waals surface area (Å²) in [6, 6.07) is 8.80. The van der Waals surface area contributed by atoms with Gasteiger partial charge < -0.3 is 15.2 Å². The number of aromatic amines is 1. The number of methoxy groups -OCH3 is 1. The number of aromatic nitrogens is 2. The Morgan fingerprint density at radius 3 is 2.86 bits per heavy atom. The molecule has 2 aromatic rings. The Balaban J connectivity index is 1.99. The van der Waals surface area contributed by atoms with E-state index in [9.17, 15) is 9.90 Å². The van der Waals surface area contributed by atoms with E-state index in [0.29, 0.717) is 16.4 Å². The molecule has 0 fully saturated rings. The van der Waals surface area contributed by atoms with Crippen LogP contribution in [0.15, 0.2) is 30.3 Å². The Morgan fingerprint density at radius 1 is 1.48 bits per heavy atom. The maximum Gasteiger partial charge on any atom is 0.269 e. The lowest BCUT2D eigenvalue weighted by Crippen LogP contribution is -2.34. The van der Waals surface area contributed by atoms with Gasteiger partial charge in [0.25, 0.3) is 5.91 Å². The standard InChI is InChI=1S/C14H16ClN3O3/c1-21-8-11(19)7-16-14(20)13-6-12(17-18-13)9-2-4-10(15)5-3-9/h2-6,11,19H,7-8H2,1H3,(H,16,20)(H,17,18). The Morgan fingerprint density at radius 2 is 2.19 bits per heavy atom. The van der Waals surface area contributed by atoms with Gasteiger partial charge in [0.1, 0.15) is 5.69 Å². The van der Waals surface area contributed by atoms with Crippen molar-refractivity contribution in [2.24, 2.45) is 0 Å². The minimum atomic E-state index is -0.738. The lowest BCUT2D eigenvalue weighted by atomic mass is 10.1. The fourth-order valence-corrected chi connectivity index (χ4v) is 1.89. The molecule has 0 aliphatic rings. The van der Waals surface area contributed by atoms with Crippen molar-refractivity contribution in [2.45, 2.75) is 6.10 Å². The van der Waals surface area contributed by atoms with Crippen molar-refractivity contribution in [1.82, 2.24) is 15.5 Å². The lowest BCUT2D eigenvalue weighted by molar-refractivity contribution is 0.0608. The fourth-order valence-electron chi connectivity index (χ4n) is 1.76. The number of benzene rings is 1. The molecule has 21 heavy (non-hydrogen) atoms. The van der Waals surface area contributed by atoms with Crippen LogP contribution < -0.4 is 5.32 Å². The normalized spacial score (nSPS) is 12.1. The average molecular weight is 310 g/mol. The van der Waals surface area contributed by atoms with Crippen LogP contribution in [0.5, 0.6) is 0 Å². The molecule has 0 bridgehead atoms. The second-order valence-electron chi connectivity index (χ2n) is 4.49. The van der Waals surface area contributed by atoms with Crippen molar-refractivity contribution in [3.05, 3.63) is 41.0 Å². The Labute approximate surface area is 127 Å². The van der Waals surface area contributed by atoms with E-state index in [0.717, 1.165) is 5.56 Å². The maximum atomic E-state index is 11.9. The molecule has 3 N–H and O–H groups in total. The van der Waals surface area contributed by atoms with E-state index >= 15 is 0 Å². The Kier molecular flexibility index (Phi) is 5.32. The molecular formula is C14H16ClN3O3. The SMILES string of the molecule is COCC(O)CNC(=O)c1cc(-c2ccc(Cl)cc2)n[nH]1. The molecule has 1 unspecified atom stereocenters. The summed E-state index contributed by atoms with van der Waals surface area (Å²) in [6.45, 7) is 0.279. The van der Waals surface area contributed by atoms with Gasteiger partial charge in [0.05, 0.1) is 18.4 Å². The van der Waals surface area contributed by atoms with Crippen molar-refractivity contribution in [3.63, 3.8) is 0 Å². The number of amides is 1. The minimum Gasteiger partial charge on any atom is -0.389 e. The summed E-state index contributed by atoms with van der Waals surface area (Å²) in [7, 11) is 1.48. The quantitative estimate of drug-likeness (QED) is 0.754. The third-order valence-corrected chi connectivity index (χ3v) is 3.07. The molecule has 1 aromatic carbocycles. The number of ether oxygens (including phenoxy) is 1. The first-order valence-corrected chi connectivity index (χ1v) is 6.74. The molecule has 1 aromatic heterocycles. The first-order valence-electron chi connectivity index (χ1n) is 6.36. The second-order valence-corrected chi connectivity index (χ2v) is 4.93. The van der Waals surface area contributed by atoms with Crippen molar-refractivity contribution >= 4 is 17.5 Å². The number of hydrogen-bond donors (Lipinski definition) is 3. The summed E-state index contributed by atoms with van der Waals surface area (Å²) in [4.78, 5) is 11.9. The number of carbonyl (C=O) groups is 1. The number of H-pyrrole nitrogens is 1. The van der Waals surface area contributed by atoms with Gasteiger partial charge in [0.2, 0.25) is 0 Å². The van der Waals surface area contributed by atoms with Crippen LogP contribution in [0.25, 0.3) is 11.3 Å². The minimum absolute atomic E-state index is 0.113. The number of nitrogens with one attached hydrogen (secondary N) is 2. The number of hydrogen-bond acceptors (Lipinski definition) is 4. The molecule has 0 radical (unpaired) electrons. The highest BCUT2D eigenvalue weighted by Crippen LogP contribution is 2.20. The molecule has 0 aliphatic carbocycles. The molecule has 2 rings (SSSR count). The smallest absolute Gasteiger partial charge is 0.269 e. The average Bonchev–Trinajstić information content (AvgIpc) is 2.96. The summed E-state index contributed by atoms with van der Waals surface area (Å²) in [6.07, 6.45) is -0.738. The predicted molar refractivity (Wildman–Crippen MR) is 79.2 cm³/mol. The Hall–Kier alpha value is -1.89. The zero-order valence-electron chi connectivity index (χ0n) is 11.5. The molecule has 0 saturated heterocycles. The zero-order chi connectivity index (χ0) is 15.2. The number of aliphatic hydroxyl groups is 1. The maximum absolute atomic E-state index is 11.9. The van der Waals surface area contributed by atoms with Gasteiger partial charge in [0, 0.05) is 24.2 Å². The highest BCUT2D eigenvalue weighted by atomic mass is 35.5. The zero-order valence-corrected chi connectivity index (χ0v) is 12.2. The van der Waals surface area contributed by atoms with E-state index in [1.807, 2.05) is 12.1 Å². The summed E-state index contributed by atoms with van der Waals surface area (Å²) in [5.74, 6) is -0.335. The second kappa shape index (κ2) is 7.21. The third-order valence-electron chi connectivity index (χ3n) is 2.82. The number of aliphatic hydroxyl groups excluding tert-OH is 1. The number of carbonyl (C=O) groups excluding carboxylic acids is 1.